The van der Waals surface area contributed by atoms with Gasteiger partial charge in [0.05, 0.1) is 36.5 Å². The number of amides is 1. The van der Waals surface area contributed by atoms with Gasteiger partial charge in [0, 0.05) is 43.2 Å². The van der Waals surface area contributed by atoms with Gasteiger partial charge in [0.25, 0.3) is 5.91 Å². The van der Waals surface area contributed by atoms with Crippen molar-refractivity contribution in [3.63, 3.8) is 0 Å². The first-order valence-corrected chi connectivity index (χ1v) is 27.5. The maximum absolute atomic E-state index is 16.4. The Bertz CT molecular complexity index is 3160. The molecule has 0 unspecified atom stereocenters. The predicted octanol–water partition coefficient (Wildman–Crippen LogP) is 6.18. The normalized spacial score (nSPS) is 27.1. The van der Waals surface area contributed by atoms with Crippen molar-refractivity contribution in [1.29, 1.82) is 0 Å². The third kappa shape index (κ3) is 11.7. The monoisotopic (exact) mass is 1140 g/mol. The summed E-state index contributed by atoms with van der Waals surface area (Å²) in [4.78, 5) is 135. The minimum Gasteiger partial charge on any atom is -0.461 e. The Hall–Kier alpha value is -7.75. The highest BCUT2D eigenvalue weighted by atomic mass is 31.2. The third-order valence-electron chi connectivity index (χ3n) is 15.7. The van der Waals surface area contributed by atoms with Crippen molar-refractivity contribution in [3.8, 4) is 5.75 Å². The van der Waals surface area contributed by atoms with E-state index >= 15 is 9.59 Å². The maximum Gasteiger partial charge on any atom is 0.524 e. The number of hydrogen-bond acceptors (Lipinski definition) is 19. The second kappa shape index (κ2) is 23.4. The largest absolute Gasteiger partial charge is 0.524 e. The summed E-state index contributed by atoms with van der Waals surface area (Å²) in [6.07, 6.45) is -13.9. The lowest BCUT2D eigenvalue weighted by Crippen LogP contribution is -2.82. The molecule has 22 nitrogen and oxygen atoms in total. The Morgan fingerprint density at radius 1 is 0.790 bits per heavy atom. The Labute approximate surface area is 465 Å². The quantitative estimate of drug-likeness (QED) is 0.0397. The number of aliphatic hydroxyl groups is 1. The molecule has 2 saturated carbocycles. The number of benzene rings is 4. The molecule has 11 atom stereocenters. The van der Waals surface area contributed by atoms with Gasteiger partial charge in [0.15, 0.2) is 17.5 Å². The number of Topliss-reactive ketones (excluding diaryl/α,β-unsaturated/α-hetero) is 1. The summed E-state index contributed by atoms with van der Waals surface area (Å²) in [5, 5.41) is 17.0. The number of phosphoric acid groups is 1. The van der Waals surface area contributed by atoms with Gasteiger partial charge in [0.2, 0.25) is 6.10 Å². The number of fused-ring (bicyclic) bond motifs is 5. The molecule has 81 heavy (non-hydrogen) atoms. The van der Waals surface area contributed by atoms with Crippen molar-refractivity contribution >= 4 is 55.5 Å². The summed E-state index contributed by atoms with van der Waals surface area (Å²) in [6.45, 7) is 8.68. The lowest BCUT2D eigenvalue weighted by molar-refractivity contribution is -0.346. The molecule has 4 aromatic rings. The molecule has 1 heterocycles. The number of para-hydroxylation sites is 1. The Balaban J connectivity index is 1.32. The molecule has 430 valence electrons. The molecule has 0 spiro atoms. The van der Waals surface area contributed by atoms with Gasteiger partial charge >= 0.3 is 43.8 Å². The number of rotatable bonds is 17. The first-order valence-electron chi connectivity index (χ1n) is 25.9. The molecule has 4 N–H and O–H groups in total. The molecule has 1 aliphatic heterocycles. The van der Waals surface area contributed by atoms with E-state index in [9.17, 15) is 48.2 Å². The van der Waals surface area contributed by atoms with Crippen LogP contribution in [0.3, 0.4) is 0 Å². The van der Waals surface area contributed by atoms with Gasteiger partial charge in [-0.05, 0) is 67.8 Å². The van der Waals surface area contributed by atoms with Gasteiger partial charge in [-0.25, -0.2) is 18.9 Å². The second-order valence-electron chi connectivity index (χ2n) is 21.0. The SMILES string of the molecule is CCOC(=O)O[C@@H](C(=O)O[C@H]1C[C@@]2(O)[C@@H](OC(=O)c3ccccc3)[C@@H]3[C@]4(OC(C)=O)CO[C@@H]4C[C@H](OC(=O)Cc4ccccc4OP(=O)(O)O)[C@@]3(C)C(=O)[C@H](OC(C)=O)C(=C1C)C2(C)C)[C@@H](NC(=O)c1ccccc1)c1ccccc1. The van der Waals surface area contributed by atoms with Gasteiger partial charge < -0.3 is 52.8 Å². The summed E-state index contributed by atoms with van der Waals surface area (Å²) < 4.78 is 65.2. The summed E-state index contributed by atoms with van der Waals surface area (Å²) in [5.74, 6) is -9.24. The fourth-order valence-electron chi connectivity index (χ4n) is 11.9. The number of phosphoric ester groups is 1. The zero-order valence-corrected chi connectivity index (χ0v) is 46.2. The van der Waals surface area contributed by atoms with Crippen LogP contribution in [0.2, 0.25) is 0 Å². The van der Waals surface area contributed by atoms with Crippen LogP contribution >= 0.6 is 7.82 Å². The van der Waals surface area contributed by atoms with Crippen LogP contribution < -0.4 is 9.84 Å². The molecule has 0 radical (unpaired) electrons. The minimum atomic E-state index is -5.15. The zero-order valence-electron chi connectivity index (χ0n) is 45.3. The van der Waals surface area contributed by atoms with Crippen LogP contribution in [-0.2, 0) is 72.9 Å². The van der Waals surface area contributed by atoms with Gasteiger partial charge in [0.1, 0.15) is 41.8 Å². The molecule has 3 aliphatic carbocycles. The van der Waals surface area contributed by atoms with Gasteiger partial charge in [-0.2, -0.15) is 0 Å². The van der Waals surface area contributed by atoms with E-state index in [2.05, 4.69) is 5.32 Å². The first kappa shape index (κ1) is 59.4. The van der Waals surface area contributed by atoms with E-state index in [0.29, 0.717) is 0 Å². The highest BCUT2D eigenvalue weighted by molar-refractivity contribution is 7.46. The lowest BCUT2D eigenvalue weighted by Gasteiger charge is -2.67. The fraction of sp³-hybridized carbons (Fsp3) is 0.414. The van der Waals surface area contributed by atoms with E-state index in [1.807, 2.05) is 0 Å². The molecular formula is C58H62NO21P. The summed E-state index contributed by atoms with van der Waals surface area (Å²) in [7, 11) is -5.15. The van der Waals surface area contributed by atoms with Crippen LogP contribution in [0, 0.1) is 16.7 Å². The van der Waals surface area contributed by atoms with Gasteiger partial charge in [-0.15, -0.1) is 0 Å². The van der Waals surface area contributed by atoms with Crippen LogP contribution in [0.15, 0.2) is 126 Å². The van der Waals surface area contributed by atoms with Crippen molar-refractivity contribution in [2.75, 3.05) is 13.2 Å². The van der Waals surface area contributed by atoms with Crippen LogP contribution in [0.4, 0.5) is 4.79 Å². The van der Waals surface area contributed by atoms with Gasteiger partial charge in [-0.3, -0.25) is 33.8 Å². The van der Waals surface area contributed by atoms with Crippen molar-refractivity contribution in [2.45, 2.75) is 122 Å². The standard InChI is InChI=1S/C58H62NO21P/c1-8-72-54(67)77-47(45(35-20-12-9-13-21-35)59-51(64)36-22-14-10-15-23-36)53(66)75-40-30-58(68)50(78-52(65)37-24-16-11-17-25-37)48-56(7,49(63)46(74-33(3)60)44(32(40)2)55(58,5)6)41(29-42-57(48,31-73-42)79-34(4)61)76-43(62)28-38-26-18-19-27-39(38)80-81(69,70)71/h9-27,40-42,45-48,50,68H,8,28-31H2,1-7H3,(H,59,64)(H2,69,70,71)/t40-,41-,42+,45-,46+,47+,48-,50-,56+,57-,58+/m0/s1. The molecule has 0 aromatic heterocycles. The van der Waals surface area contributed by atoms with Crippen LogP contribution in [0.5, 0.6) is 5.75 Å². The Morgan fingerprint density at radius 2 is 1.40 bits per heavy atom. The van der Waals surface area contributed by atoms with E-state index < -0.39 is 152 Å². The lowest BCUT2D eigenvalue weighted by atomic mass is 9.44. The first-order chi connectivity index (χ1) is 38.2. The number of ether oxygens (including phenoxy) is 8. The topological polar surface area (TPSA) is 309 Å². The summed E-state index contributed by atoms with van der Waals surface area (Å²) in [6, 6.07) is 27.5. The number of esters is 5. The van der Waals surface area contributed by atoms with E-state index in [0.717, 1.165) is 13.8 Å². The van der Waals surface area contributed by atoms with Crippen LogP contribution in [0.25, 0.3) is 0 Å². The highest BCUT2D eigenvalue weighted by Gasteiger charge is 2.79. The number of nitrogens with one attached hydrogen (secondary N) is 1. The van der Waals surface area contributed by atoms with Crippen molar-refractivity contribution in [3.05, 3.63) is 149 Å². The minimum absolute atomic E-state index is 0.0258. The van der Waals surface area contributed by atoms with Crippen molar-refractivity contribution in [2.24, 2.45) is 16.7 Å². The predicted molar refractivity (Wildman–Crippen MR) is 280 cm³/mol. The Morgan fingerprint density at radius 3 is 1.98 bits per heavy atom. The molecule has 8 rings (SSSR count). The third-order valence-corrected chi connectivity index (χ3v) is 16.1. The molecule has 4 aromatic carbocycles. The molecule has 1 saturated heterocycles. The molecule has 4 aliphatic rings. The van der Waals surface area contributed by atoms with Gasteiger partial charge in [-0.1, -0.05) is 98.8 Å². The zero-order chi connectivity index (χ0) is 58.8. The number of carbonyl (C=O) groups is 8. The van der Waals surface area contributed by atoms with Crippen LogP contribution in [0.1, 0.15) is 99.2 Å². The molecular weight excluding hydrogens is 1080 g/mol. The van der Waals surface area contributed by atoms with Crippen LogP contribution in [-0.4, -0.2) is 124 Å². The van der Waals surface area contributed by atoms with Crippen molar-refractivity contribution in [1.82, 2.24) is 5.32 Å². The molecule has 1 amide bonds. The summed E-state index contributed by atoms with van der Waals surface area (Å²) in [5.41, 5.74) is -8.60. The average molecular weight is 1140 g/mol. The molecule has 3 fully saturated rings. The molecule has 2 bridgehead atoms. The smallest absolute Gasteiger partial charge is 0.461 e. The highest BCUT2D eigenvalue weighted by Crippen LogP contribution is 2.65. The van der Waals surface area contributed by atoms with E-state index in [1.54, 1.807) is 66.7 Å². The number of ketones is 1. The summed E-state index contributed by atoms with van der Waals surface area (Å²) >= 11 is 0. The maximum atomic E-state index is 16.4. The molecule has 23 heteroatoms. The van der Waals surface area contributed by atoms with E-state index in [1.165, 1.54) is 83.1 Å². The number of hydrogen-bond donors (Lipinski definition) is 4. The Kier molecular flexibility index (Phi) is 17.1. The van der Waals surface area contributed by atoms with E-state index in [4.69, 9.17) is 42.4 Å². The number of carbonyl (C=O) groups excluding carboxylic acids is 8. The van der Waals surface area contributed by atoms with E-state index in [-0.39, 0.29) is 45.8 Å². The van der Waals surface area contributed by atoms with Crippen molar-refractivity contribution < 1.29 is 100 Å². The second-order valence-corrected chi connectivity index (χ2v) is 22.1. The average Bonchev–Trinajstić information content (AvgIpc) is 0.868. The fourth-order valence-corrected chi connectivity index (χ4v) is 12.3.